The molecule has 0 fully saturated rings. The maximum Gasteiger partial charge on any atom is 0.240 e. The fraction of sp³-hybridized carbons (Fsp3) is 0.308. The minimum atomic E-state index is -3.52. The number of benzene rings is 1. The molecular weight excluding hydrogens is 280 g/mol. The van der Waals surface area contributed by atoms with E-state index in [2.05, 4.69) is 10.6 Å². The first kappa shape index (κ1) is 15.6. The van der Waals surface area contributed by atoms with Crippen LogP contribution in [0.3, 0.4) is 0 Å². The summed E-state index contributed by atoms with van der Waals surface area (Å²) in [6, 6.07) is 6.44. The van der Waals surface area contributed by atoms with Crippen molar-refractivity contribution in [3.05, 3.63) is 29.3 Å². The molecule has 0 saturated heterocycles. The van der Waals surface area contributed by atoms with Gasteiger partial charge < -0.3 is 0 Å². The number of nitrogens with one attached hydrogen (secondary N) is 1. The van der Waals surface area contributed by atoms with Crippen LogP contribution in [-0.2, 0) is 10.0 Å². The molecule has 0 aliphatic rings. The summed E-state index contributed by atoms with van der Waals surface area (Å²) in [5, 5.41) is 8.80. The van der Waals surface area contributed by atoms with Crippen molar-refractivity contribution < 1.29 is 8.42 Å². The summed E-state index contributed by atoms with van der Waals surface area (Å²) in [5.41, 5.74) is 1.12. The van der Waals surface area contributed by atoms with E-state index in [-0.39, 0.29) is 4.90 Å². The van der Waals surface area contributed by atoms with Crippen LogP contribution in [-0.4, -0.2) is 26.5 Å². The summed E-state index contributed by atoms with van der Waals surface area (Å²) in [4.78, 5) is 0.172. The van der Waals surface area contributed by atoms with Gasteiger partial charge in [-0.2, -0.15) is 5.26 Å². The first-order valence-corrected chi connectivity index (χ1v) is 8.16. The van der Waals surface area contributed by atoms with Crippen molar-refractivity contribution in [2.45, 2.75) is 11.8 Å². The van der Waals surface area contributed by atoms with Gasteiger partial charge >= 0.3 is 0 Å². The molecule has 0 spiro atoms. The minimum Gasteiger partial charge on any atom is -0.210 e. The van der Waals surface area contributed by atoms with Gasteiger partial charge in [0.05, 0.1) is 22.3 Å². The van der Waals surface area contributed by atoms with Gasteiger partial charge in [-0.25, -0.2) is 13.1 Å². The Kier molecular flexibility index (Phi) is 5.91. The number of nitriles is 1. The third kappa shape index (κ3) is 4.60. The summed E-state index contributed by atoms with van der Waals surface area (Å²) in [6.45, 7) is 2.04. The number of rotatable bonds is 6. The van der Waals surface area contributed by atoms with E-state index in [1.807, 2.05) is 6.07 Å². The Labute approximate surface area is 118 Å². The molecule has 0 saturated carbocycles. The number of terminal acetylenes is 1. The summed E-state index contributed by atoms with van der Waals surface area (Å²) < 4.78 is 26.4. The number of hydrogen-bond acceptors (Lipinski definition) is 4. The predicted octanol–water partition coefficient (Wildman–Crippen LogP) is 1.51. The lowest BCUT2D eigenvalue weighted by Crippen LogP contribution is -2.26. The van der Waals surface area contributed by atoms with Crippen molar-refractivity contribution in [2.75, 3.05) is 18.1 Å². The van der Waals surface area contributed by atoms with Crippen LogP contribution in [0.25, 0.3) is 0 Å². The van der Waals surface area contributed by atoms with E-state index >= 15 is 0 Å². The van der Waals surface area contributed by atoms with Crippen molar-refractivity contribution in [2.24, 2.45) is 0 Å². The molecular formula is C13H14N2O2S2. The van der Waals surface area contributed by atoms with Gasteiger partial charge in [0.1, 0.15) is 0 Å². The Morgan fingerprint density at radius 2 is 2.21 bits per heavy atom. The van der Waals surface area contributed by atoms with Gasteiger partial charge in [0.15, 0.2) is 0 Å². The van der Waals surface area contributed by atoms with E-state index in [4.69, 9.17) is 11.7 Å². The Morgan fingerprint density at radius 3 is 2.79 bits per heavy atom. The van der Waals surface area contributed by atoms with Crippen LogP contribution in [0.1, 0.15) is 11.1 Å². The van der Waals surface area contributed by atoms with Gasteiger partial charge in [-0.05, 0) is 30.7 Å². The first-order chi connectivity index (χ1) is 9.01. The quantitative estimate of drug-likeness (QED) is 0.638. The topological polar surface area (TPSA) is 70.0 Å². The Bertz CT molecular complexity index is 625. The lowest BCUT2D eigenvalue weighted by Gasteiger charge is -2.07. The molecule has 0 amide bonds. The second-order valence-corrected chi connectivity index (χ2v) is 6.62. The molecule has 0 radical (unpaired) electrons. The van der Waals surface area contributed by atoms with Crippen LogP contribution in [0.5, 0.6) is 0 Å². The number of sulfonamides is 1. The SMILES string of the molecule is C#CCSCCNS(=O)(=O)c1ccc(C#N)c(C)c1. The summed E-state index contributed by atoms with van der Waals surface area (Å²) >= 11 is 1.49. The Hall–Kier alpha value is -1.47. The molecule has 4 nitrogen and oxygen atoms in total. The van der Waals surface area contributed by atoms with Crippen LogP contribution in [0, 0.1) is 30.6 Å². The van der Waals surface area contributed by atoms with Gasteiger partial charge in [-0.1, -0.05) is 5.92 Å². The average Bonchev–Trinajstić information content (AvgIpc) is 2.38. The molecule has 1 rings (SSSR count). The molecule has 6 heteroatoms. The number of hydrogen-bond donors (Lipinski definition) is 1. The Balaban J connectivity index is 2.71. The molecule has 0 aliphatic carbocycles. The lowest BCUT2D eigenvalue weighted by molar-refractivity contribution is 0.584. The zero-order valence-electron chi connectivity index (χ0n) is 10.5. The molecule has 0 aromatic heterocycles. The summed E-state index contributed by atoms with van der Waals surface area (Å²) in [6.07, 6.45) is 5.10. The third-order valence-corrected chi connectivity index (χ3v) is 4.67. The third-order valence-electron chi connectivity index (χ3n) is 2.35. The maximum absolute atomic E-state index is 12.0. The number of thioether (sulfide) groups is 1. The highest BCUT2D eigenvalue weighted by atomic mass is 32.2. The number of aryl methyl sites for hydroxylation is 1. The zero-order valence-corrected chi connectivity index (χ0v) is 12.1. The summed E-state index contributed by atoms with van der Waals surface area (Å²) in [7, 11) is -3.52. The van der Waals surface area contributed by atoms with Crippen molar-refractivity contribution in [1.82, 2.24) is 4.72 Å². The van der Waals surface area contributed by atoms with Crippen molar-refractivity contribution in [3.63, 3.8) is 0 Å². The highest BCUT2D eigenvalue weighted by molar-refractivity contribution is 7.99. The lowest BCUT2D eigenvalue weighted by atomic mass is 10.1. The van der Waals surface area contributed by atoms with E-state index in [0.29, 0.717) is 29.2 Å². The Morgan fingerprint density at radius 1 is 1.47 bits per heavy atom. The molecule has 1 aromatic rings. The fourth-order valence-corrected chi connectivity index (χ4v) is 3.15. The van der Waals surface area contributed by atoms with E-state index in [1.54, 1.807) is 6.92 Å². The highest BCUT2D eigenvalue weighted by Gasteiger charge is 2.14. The molecule has 19 heavy (non-hydrogen) atoms. The van der Waals surface area contributed by atoms with Gasteiger partial charge in [-0.3, -0.25) is 0 Å². The van der Waals surface area contributed by atoms with E-state index in [1.165, 1.54) is 30.0 Å². The van der Waals surface area contributed by atoms with E-state index < -0.39 is 10.0 Å². The maximum atomic E-state index is 12.0. The van der Waals surface area contributed by atoms with E-state index in [9.17, 15) is 8.42 Å². The predicted molar refractivity (Wildman–Crippen MR) is 77.2 cm³/mol. The smallest absolute Gasteiger partial charge is 0.210 e. The fourth-order valence-electron chi connectivity index (χ4n) is 1.39. The summed E-state index contributed by atoms with van der Waals surface area (Å²) in [5.74, 6) is 3.66. The molecule has 0 unspecified atom stereocenters. The standard InChI is InChI=1S/C13H14N2O2S2/c1-3-7-18-8-6-15-19(16,17)13-5-4-12(10-14)11(2)9-13/h1,4-5,9,15H,6-8H2,2H3. The molecule has 1 N–H and O–H groups in total. The van der Waals surface area contributed by atoms with Crippen molar-refractivity contribution in [3.8, 4) is 18.4 Å². The van der Waals surface area contributed by atoms with Crippen molar-refractivity contribution in [1.29, 1.82) is 5.26 Å². The molecule has 0 atom stereocenters. The largest absolute Gasteiger partial charge is 0.240 e. The minimum absolute atomic E-state index is 0.172. The van der Waals surface area contributed by atoms with Gasteiger partial charge in [0, 0.05) is 12.3 Å². The van der Waals surface area contributed by atoms with E-state index in [0.717, 1.165) is 0 Å². The van der Waals surface area contributed by atoms with Gasteiger partial charge in [0.25, 0.3) is 0 Å². The van der Waals surface area contributed by atoms with Crippen molar-refractivity contribution >= 4 is 21.8 Å². The van der Waals surface area contributed by atoms with Gasteiger partial charge in [0.2, 0.25) is 10.0 Å². The van der Waals surface area contributed by atoms with Crippen LogP contribution in [0.4, 0.5) is 0 Å². The molecule has 1 aromatic carbocycles. The second kappa shape index (κ2) is 7.20. The zero-order chi connectivity index (χ0) is 14.3. The monoisotopic (exact) mass is 294 g/mol. The van der Waals surface area contributed by atoms with Crippen LogP contribution in [0.2, 0.25) is 0 Å². The number of nitrogens with zero attached hydrogens (tertiary/aromatic N) is 1. The molecule has 0 aliphatic heterocycles. The van der Waals surface area contributed by atoms with Crippen LogP contribution in [0.15, 0.2) is 23.1 Å². The second-order valence-electron chi connectivity index (χ2n) is 3.74. The van der Waals surface area contributed by atoms with Gasteiger partial charge in [-0.15, -0.1) is 18.2 Å². The highest BCUT2D eigenvalue weighted by Crippen LogP contribution is 2.14. The normalized spacial score (nSPS) is 10.7. The average molecular weight is 294 g/mol. The van der Waals surface area contributed by atoms with Crippen LogP contribution < -0.4 is 4.72 Å². The molecule has 0 heterocycles. The van der Waals surface area contributed by atoms with Crippen LogP contribution >= 0.6 is 11.8 Å². The first-order valence-electron chi connectivity index (χ1n) is 5.53. The molecule has 0 bridgehead atoms. The molecule has 100 valence electrons.